The first kappa shape index (κ1) is 18.3. The van der Waals surface area contributed by atoms with Gasteiger partial charge in [-0.1, -0.05) is 39.0 Å². The lowest BCUT2D eigenvalue weighted by molar-refractivity contribution is -0.141. The fourth-order valence-electron chi connectivity index (χ4n) is 1.58. The molecule has 5 heteroatoms. The minimum absolute atomic E-state index is 0. The van der Waals surface area contributed by atoms with Crippen LogP contribution < -0.4 is 5.73 Å². The number of esters is 1. The Morgan fingerprint density at radius 2 is 1.95 bits per heavy atom. The van der Waals surface area contributed by atoms with Crippen molar-refractivity contribution >= 4 is 30.1 Å². The van der Waals surface area contributed by atoms with Crippen molar-refractivity contribution in [3.8, 4) is 0 Å². The normalized spacial score (nSPS) is 12.5. The highest BCUT2D eigenvalue weighted by molar-refractivity contribution is 8.00. The van der Waals surface area contributed by atoms with Crippen molar-refractivity contribution in [2.45, 2.75) is 42.9 Å². The molecule has 0 amide bonds. The number of carbonyl (C=O) groups is 1. The van der Waals surface area contributed by atoms with E-state index in [4.69, 9.17) is 5.73 Å². The predicted octanol–water partition coefficient (Wildman–Crippen LogP) is 3.56. The van der Waals surface area contributed by atoms with E-state index < -0.39 is 0 Å². The third-order valence-electron chi connectivity index (χ3n) is 2.35. The SMILES string of the molecule is COC(=O)C[C@H](N)c1ccccc1SC(C)(C)C.Cl. The molecule has 0 aliphatic carbocycles. The first-order valence-corrected chi connectivity index (χ1v) is 6.75. The van der Waals surface area contributed by atoms with Gasteiger partial charge in [0.25, 0.3) is 0 Å². The number of halogens is 1. The third-order valence-corrected chi connectivity index (χ3v) is 3.55. The molecule has 0 radical (unpaired) electrons. The molecule has 1 atom stereocenters. The molecule has 0 bridgehead atoms. The highest BCUT2D eigenvalue weighted by Crippen LogP contribution is 2.36. The summed E-state index contributed by atoms with van der Waals surface area (Å²) in [6.45, 7) is 6.46. The van der Waals surface area contributed by atoms with Crippen molar-refractivity contribution in [3.05, 3.63) is 29.8 Å². The number of nitrogens with two attached hydrogens (primary N) is 1. The maximum Gasteiger partial charge on any atom is 0.307 e. The van der Waals surface area contributed by atoms with E-state index in [1.54, 1.807) is 11.8 Å². The highest BCUT2D eigenvalue weighted by Gasteiger charge is 2.19. The lowest BCUT2D eigenvalue weighted by Crippen LogP contribution is -2.18. The van der Waals surface area contributed by atoms with Gasteiger partial charge in [0.2, 0.25) is 0 Å². The molecule has 108 valence electrons. The van der Waals surface area contributed by atoms with Crippen LogP contribution in [0.25, 0.3) is 0 Å². The van der Waals surface area contributed by atoms with E-state index in [9.17, 15) is 4.79 Å². The summed E-state index contributed by atoms with van der Waals surface area (Å²) in [7, 11) is 1.38. The van der Waals surface area contributed by atoms with Gasteiger partial charge in [0.1, 0.15) is 0 Å². The van der Waals surface area contributed by atoms with Gasteiger partial charge in [0, 0.05) is 15.7 Å². The second-order valence-corrected chi connectivity index (χ2v) is 7.01. The quantitative estimate of drug-likeness (QED) is 0.682. The first-order valence-electron chi connectivity index (χ1n) is 5.94. The molecular formula is C14H22ClNO2S. The average Bonchev–Trinajstić information content (AvgIpc) is 2.27. The smallest absolute Gasteiger partial charge is 0.307 e. The van der Waals surface area contributed by atoms with Gasteiger partial charge in [-0.25, -0.2) is 0 Å². The van der Waals surface area contributed by atoms with Crippen molar-refractivity contribution < 1.29 is 9.53 Å². The van der Waals surface area contributed by atoms with E-state index in [1.807, 2.05) is 24.3 Å². The second kappa shape index (κ2) is 7.78. The Kier molecular flexibility index (Phi) is 7.49. The van der Waals surface area contributed by atoms with Crippen molar-refractivity contribution in [2.75, 3.05) is 7.11 Å². The molecule has 0 heterocycles. The first-order chi connectivity index (χ1) is 8.33. The van der Waals surface area contributed by atoms with E-state index in [0.717, 1.165) is 10.5 Å². The van der Waals surface area contributed by atoms with E-state index >= 15 is 0 Å². The van der Waals surface area contributed by atoms with Gasteiger partial charge in [-0.05, 0) is 11.6 Å². The molecule has 1 rings (SSSR count). The Labute approximate surface area is 125 Å². The van der Waals surface area contributed by atoms with Gasteiger partial charge in [-0.2, -0.15) is 0 Å². The number of ether oxygens (including phenoxy) is 1. The highest BCUT2D eigenvalue weighted by atomic mass is 35.5. The van der Waals surface area contributed by atoms with E-state index in [-0.39, 0.29) is 35.6 Å². The van der Waals surface area contributed by atoms with Crippen molar-refractivity contribution in [1.29, 1.82) is 0 Å². The topological polar surface area (TPSA) is 52.3 Å². The summed E-state index contributed by atoms with van der Waals surface area (Å²) in [4.78, 5) is 12.4. The summed E-state index contributed by atoms with van der Waals surface area (Å²) in [5, 5.41) is 0. The van der Waals surface area contributed by atoms with Gasteiger partial charge < -0.3 is 10.5 Å². The van der Waals surface area contributed by atoms with Gasteiger partial charge in [0.05, 0.1) is 13.5 Å². The Morgan fingerprint density at radius 1 is 1.37 bits per heavy atom. The number of benzene rings is 1. The Bertz CT molecular complexity index is 418. The minimum atomic E-state index is -0.316. The molecule has 0 aliphatic rings. The molecule has 1 aromatic carbocycles. The standard InChI is InChI=1S/C14H21NO2S.ClH/c1-14(2,3)18-12-8-6-5-7-10(12)11(15)9-13(16)17-4;/h5-8,11H,9,15H2,1-4H3;1H/t11-;/m0./s1. The molecular weight excluding hydrogens is 282 g/mol. The Morgan fingerprint density at radius 3 is 2.47 bits per heavy atom. The molecule has 0 spiro atoms. The molecule has 2 N–H and O–H groups in total. The zero-order chi connectivity index (χ0) is 13.8. The third kappa shape index (κ3) is 6.32. The molecule has 19 heavy (non-hydrogen) atoms. The maximum atomic E-state index is 11.3. The molecule has 3 nitrogen and oxygen atoms in total. The maximum absolute atomic E-state index is 11.3. The fraction of sp³-hybridized carbons (Fsp3) is 0.500. The lowest BCUT2D eigenvalue weighted by atomic mass is 10.1. The summed E-state index contributed by atoms with van der Waals surface area (Å²) < 4.78 is 4.77. The number of methoxy groups -OCH3 is 1. The molecule has 0 saturated carbocycles. The van der Waals surface area contributed by atoms with Gasteiger partial charge in [-0.15, -0.1) is 24.2 Å². The van der Waals surface area contributed by atoms with Crippen LogP contribution in [0.1, 0.15) is 38.8 Å². The van der Waals surface area contributed by atoms with Crippen molar-refractivity contribution in [2.24, 2.45) is 5.73 Å². The summed E-state index contributed by atoms with van der Waals surface area (Å²) in [6.07, 6.45) is 0.207. The van der Waals surface area contributed by atoms with Crippen LogP contribution in [0.2, 0.25) is 0 Å². The summed E-state index contributed by atoms with van der Waals surface area (Å²) in [5.74, 6) is -0.280. The van der Waals surface area contributed by atoms with Crippen LogP contribution in [0.5, 0.6) is 0 Å². The fourth-order valence-corrected chi connectivity index (χ4v) is 2.73. The largest absolute Gasteiger partial charge is 0.469 e. The minimum Gasteiger partial charge on any atom is -0.469 e. The molecule has 0 fully saturated rings. The Hall–Kier alpha value is -0.710. The number of carbonyl (C=O) groups excluding carboxylic acids is 1. The second-order valence-electron chi connectivity index (χ2n) is 5.14. The van der Waals surface area contributed by atoms with E-state index in [2.05, 4.69) is 25.5 Å². The summed E-state index contributed by atoms with van der Waals surface area (Å²) in [6, 6.07) is 7.63. The van der Waals surface area contributed by atoms with Crippen LogP contribution in [0.3, 0.4) is 0 Å². The van der Waals surface area contributed by atoms with Crippen LogP contribution in [-0.2, 0) is 9.53 Å². The van der Waals surface area contributed by atoms with E-state index in [1.165, 1.54) is 7.11 Å². The summed E-state index contributed by atoms with van der Waals surface area (Å²) >= 11 is 1.76. The zero-order valence-electron chi connectivity index (χ0n) is 11.8. The van der Waals surface area contributed by atoms with Gasteiger partial charge >= 0.3 is 5.97 Å². The predicted molar refractivity (Wildman–Crippen MR) is 82.9 cm³/mol. The molecule has 0 unspecified atom stereocenters. The average molecular weight is 304 g/mol. The van der Waals surface area contributed by atoms with Crippen molar-refractivity contribution in [3.63, 3.8) is 0 Å². The summed E-state index contributed by atoms with van der Waals surface area (Å²) in [5.41, 5.74) is 7.08. The van der Waals surface area contributed by atoms with Crippen LogP contribution in [0, 0.1) is 0 Å². The lowest BCUT2D eigenvalue weighted by Gasteiger charge is -2.22. The molecule has 0 saturated heterocycles. The number of rotatable bonds is 4. The van der Waals surface area contributed by atoms with Crippen LogP contribution in [0.4, 0.5) is 0 Å². The Balaban J connectivity index is 0.00000324. The molecule has 0 aliphatic heterocycles. The van der Waals surface area contributed by atoms with Crippen LogP contribution in [0.15, 0.2) is 29.2 Å². The zero-order valence-corrected chi connectivity index (χ0v) is 13.4. The van der Waals surface area contributed by atoms with Crippen molar-refractivity contribution in [1.82, 2.24) is 0 Å². The monoisotopic (exact) mass is 303 g/mol. The molecule has 1 aromatic rings. The van der Waals surface area contributed by atoms with Gasteiger partial charge in [0.15, 0.2) is 0 Å². The van der Waals surface area contributed by atoms with Crippen LogP contribution in [-0.4, -0.2) is 17.8 Å². The number of hydrogen-bond acceptors (Lipinski definition) is 4. The number of hydrogen-bond donors (Lipinski definition) is 1. The van der Waals surface area contributed by atoms with Crippen LogP contribution >= 0.6 is 24.2 Å². The molecule has 0 aromatic heterocycles. The number of thioether (sulfide) groups is 1. The van der Waals surface area contributed by atoms with Gasteiger partial charge in [-0.3, -0.25) is 4.79 Å². The van der Waals surface area contributed by atoms with E-state index in [0.29, 0.717) is 0 Å².